The molecule has 2 rings (SSSR count). The first kappa shape index (κ1) is 15.2. The third kappa shape index (κ3) is 3.46. The highest BCUT2D eigenvalue weighted by atomic mass is 32.1. The summed E-state index contributed by atoms with van der Waals surface area (Å²) in [5.41, 5.74) is 4.33. The normalized spacial score (nSPS) is 10.3. The van der Waals surface area contributed by atoms with E-state index in [9.17, 15) is 4.79 Å². The lowest BCUT2D eigenvalue weighted by atomic mass is 10.1. The van der Waals surface area contributed by atoms with Crippen molar-refractivity contribution >= 4 is 34.5 Å². The number of thiocarbonyl (C=S) groups is 1. The summed E-state index contributed by atoms with van der Waals surface area (Å²) in [5.74, 6) is 0.0452. The van der Waals surface area contributed by atoms with Gasteiger partial charge in [-0.1, -0.05) is 0 Å². The number of ketones is 1. The topological polar surface area (TPSA) is 59.0 Å². The van der Waals surface area contributed by atoms with E-state index < -0.39 is 0 Å². The summed E-state index contributed by atoms with van der Waals surface area (Å²) in [6.45, 7) is 5.45. The number of Topliss-reactive ketones (excluding diaryl/α,β-unsaturated/α-hetero) is 1. The molecule has 0 fully saturated rings. The first-order valence-corrected chi connectivity index (χ1v) is 6.98. The molecule has 0 amide bonds. The van der Waals surface area contributed by atoms with E-state index in [0.29, 0.717) is 10.7 Å². The lowest BCUT2D eigenvalue weighted by Crippen LogP contribution is -2.19. The molecule has 0 atom stereocenters. The predicted molar refractivity (Wildman–Crippen MR) is 89.0 cm³/mol. The van der Waals surface area contributed by atoms with Crippen LogP contribution in [0.3, 0.4) is 0 Å². The van der Waals surface area contributed by atoms with Crippen LogP contribution in [0.25, 0.3) is 0 Å². The van der Waals surface area contributed by atoms with Gasteiger partial charge in [0.2, 0.25) is 0 Å². The number of carbonyl (C=O) groups excluding carboxylic acids is 1. The number of nitrogens with one attached hydrogen (secondary N) is 2. The van der Waals surface area contributed by atoms with Gasteiger partial charge in [-0.05, 0) is 57.3 Å². The molecular weight excluding hydrogens is 284 g/mol. The van der Waals surface area contributed by atoms with Gasteiger partial charge in [-0.15, -0.1) is 0 Å². The van der Waals surface area contributed by atoms with E-state index in [1.165, 1.54) is 0 Å². The average molecular weight is 302 g/mol. The lowest BCUT2D eigenvalue weighted by Gasteiger charge is -2.11. The molecule has 21 heavy (non-hydrogen) atoms. The number of nitrogens with zero attached hydrogens (tertiary/aromatic N) is 2. The summed E-state index contributed by atoms with van der Waals surface area (Å²) >= 11 is 5.30. The van der Waals surface area contributed by atoms with E-state index in [4.69, 9.17) is 12.2 Å². The summed E-state index contributed by atoms with van der Waals surface area (Å²) < 4.78 is 1.81. The van der Waals surface area contributed by atoms with Crippen LogP contribution in [-0.2, 0) is 7.05 Å². The van der Waals surface area contributed by atoms with Crippen molar-refractivity contribution in [2.24, 2.45) is 7.05 Å². The lowest BCUT2D eigenvalue weighted by molar-refractivity contribution is 0.101. The van der Waals surface area contributed by atoms with Gasteiger partial charge in [0, 0.05) is 18.3 Å². The monoisotopic (exact) mass is 302 g/mol. The van der Waals surface area contributed by atoms with Crippen molar-refractivity contribution in [1.29, 1.82) is 0 Å². The maximum Gasteiger partial charge on any atom is 0.175 e. The Hall–Kier alpha value is -2.21. The van der Waals surface area contributed by atoms with E-state index >= 15 is 0 Å². The van der Waals surface area contributed by atoms with Crippen LogP contribution in [0.15, 0.2) is 24.3 Å². The molecule has 0 aliphatic heterocycles. The van der Waals surface area contributed by atoms with Crippen molar-refractivity contribution in [2.45, 2.75) is 20.8 Å². The largest absolute Gasteiger partial charge is 0.332 e. The summed E-state index contributed by atoms with van der Waals surface area (Å²) in [6.07, 6.45) is 0. The Kier molecular flexibility index (Phi) is 4.37. The minimum Gasteiger partial charge on any atom is -0.332 e. The fraction of sp³-hybridized carbons (Fsp3) is 0.267. The number of benzene rings is 1. The Morgan fingerprint density at radius 3 is 2.29 bits per heavy atom. The number of hydrogen-bond acceptors (Lipinski definition) is 3. The Morgan fingerprint density at radius 2 is 1.81 bits per heavy atom. The fourth-order valence-corrected chi connectivity index (χ4v) is 2.24. The van der Waals surface area contributed by atoms with Crippen molar-refractivity contribution in [2.75, 3.05) is 10.6 Å². The molecular formula is C15H18N4OS. The SMILES string of the molecule is CC(=O)c1ccc(NC(=S)Nc2c(C)nn(C)c2C)cc1. The minimum atomic E-state index is 0.0452. The third-order valence-electron chi connectivity index (χ3n) is 3.30. The molecule has 1 heterocycles. The molecule has 0 saturated heterocycles. The highest BCUT2D eigenvalue weighted by Gasteiger charge is 2.10. The van der Waals surface area contributed by atoms with Crippen LogP contribution in [0.2, 0.25) is 0 Å². The Bertz CT molecular complexity index is 688. The van der Waals surface area contributed by atoms with Crippen molar-refractivity contribution < 1.29 is 4.79 Å². The summed E-state index contributed by atoms with van der Waals surface area (Å²) in [7, 11) is 1.89. The second kappa shape index (κ2) is 6.05. The van der Waals surface area contributed by atoms with Crippen LogP contribution in [0.4, 0.5) is 11.4 Å². The number of anilines is 2. The van der Waals surface area contributed by atoms with Gasteiger partial charge in [-0.25, -0.2) is 0 Å². The molecule has 0 aliphatic carbocycles. The number of hydrogen-bond donors (Lipinski definition) is 2. The molecule has 2 N–H and O–H groups in total. The molecule has 1 aromatic heterocycles. The molecule has 0 radical (unpaired) electrons. The molecule has 0 saturated carbocycles. The molecule has 0 aliphatic rings. The molecule has 110 valence electrons. The predicted octanol–water partition coefficient (Wildman–Crippen LogP) is 3.05. The van der Waals surface area contributed by atoms with E-state index in [-0.39, 0.29) is 5.78 Å². The van der Waals surface area contributed by atoms with Gasteiger partial charge < -0.3 is 10.6 Å². The number of rotatable bonds is 3. The number of aryl methyl sites for hydroxylation is 2. The highest BCUT2D eigenvalue weighted by Crippen LogP contribution is 2.19. The first-order valence-electron chi connectivity index (χ1n) is 6.57. The fourth-order valence-electron chi connectivity index (χ4n) is 2.02. The number of aromatic nitrogens is 2. The van der Waals surface area contributed by atoms with E-state index in [1.54, 1.807) is 19.1 Å². The van der Waals surface area contributed by atoms with Crippen LogP contribution in [-0.4, -0.2) is 20.7 Å². The van der Waals surface area contributed by atoms with Crippen molar-refractivity contribution in [1.82, 2.24) is 9.78 Å². The molecule has 1 aromatic carbocycles. The molecule has 0 spiro atoms. The highest BCUT2D eigenvalue weighted by molar-refractivity contribution is 7.80. The molecule has 5 nitrogen and oxygen atoms in total. The van der Waals surface area contributed by atoms with E-state index in [1.807, 2.05) is 37.7 Å². The van der Waals surface area contributed by atoms with Crippen LogP contribution in [0.1, 0.15) is 28.7 Å². The van der Waals surface area contributed by atoms with Crippen LogP contribution in [0, 0.1) is 13.8 Å². The van der Waals surface area contributed by atoms with Gasteiger partial charge in [-0.2, -0.15) is 5.10 Å². The zero-order valence-corrected chi connectivity index (χ0v) is 13.3. The maximum absolute atomic E-state index is 11.2. The quantitative estimate of drug-likeness (QED) is 0.674. The van der Waals surface area contributed by atoms with Crippen LogP contribution in [0.5, 0.6) is 0 Å². The molecule has 2 aromatic rings. The van der Waals surface area contributed by atoms with Gasteiger partial charge in [-0.3, -0.25) is 9.48 Å². The van der Waals surface area contributed by atoms with E-state index in [2.05, 4.69) is 15.7 Å². The van der Waals surface area contributed by atoms with Gasteiger partial charge in [0.15, 0.2) is 10.9 Å². The first-order chi connectivity index (χ1) is 9.88. The third-order valence-corrected chi connectivity index (χ3v) is 3.50. The Morgan fingerprint density at radius 1 is 1.19 bits per heavy atom. The van der Waals surface area contributed by atoms with Crippen molar-refractivity contribution in [3.63, 3.8) is 0 Å². The Labute approximate surface area is 129 Å². The zero-order chi connectivity index (χ0) is 15.6. The van der Waals surface area contributed by atoms with Gasteiger partial charge in [0.05, 0.1) is 17.1 Å². The van der Waals surface area contributed by atoms with Gasteiger partial charge in [0.25, 0.3) is 0 Å². The summed E-state index contributed by atoms with van der Waals surface area (Å²) in [4.78, 5) is 11.2. The Balaban J connectivity index is 2.06. The standard InChI is InChI=1S/C15H18N4OS/c1-9-14(10(2)19(4)18-9)17-15(21)16-13-7-5-12(6-8-13)11(3)20/h5-8H,1-4H3,(H2,16,17,21). The molecule has 6 heteroatoms. The summed E-state index contributed by atoms with van der Waals surface area (Å²) in [5, 5.41) is 11.1. The van der Waals surface area contributed by atoms with Crippen LogP contribution >= 0.6 is 12.2 Å². The second-order valence-corrected chi connectivity index (χ2v) is 5.29. The zero-order valence-electron chi connectivity index (χ0n) is 12.5. The maximum atomic E-state index is 11.2. The molecule has 0 unspecified atom stereocenters. The van der Waals surface area contributed by atoms with E-state index in [0.717, 1.165) is 22.8 Å². The van der Waals surface area contributed by atoms with Crippen molar-refractivity contribution in [3.05, 3.63) is 41.2 Å². The second-order valence-electron chi connectivity index (χ2n) is 4.88. The van der Waals surface area contributed by atoms with Gasteiger partial charge in [0.1, 0.15) is 0 Å². The minimum absolute atomic E-state index is 0.0452. The average Bonchev–Trinajstić information content (AvgIpc) is 2.66. The van der Waals surface area contributed by atoms with Crippen LogP contribution < -0.4 is 10.6 Å². The van der Waals surface area contributed by atoms with Crippen molar-refractivity contribution in [3.8, 4) is 0 Å². The number of carbonyl (C=O) groups is 1. The van der Waals surface area contributed by atoms with Gasteiger partial charge >= 0.3 is 0 Å². The summed E-state index contributed by atoms with van der Waals surface area (Å²) in [6, 6.07) is 7.20. The smallest absolute Gasteiger partial charge is 0.175 e. The molecule has 0 bridgehead atoms.